The molecule has 2 atom stereocenters. The van der Waals surface area contributed by atoms with Crippen molar-refractivity contribution in [2.24, 2.45) is 0 Å². The Morgan fingerprint density at radius 2 is 1.89 bits per heavy atom. The Hall–Kier alpha value is -2.80. The van der Waals surface area contributed by atoms with Crippen LogP contribution in [0.25, 0.3) is 0 Å². The summed E-state index contributed by atoms with van der Waals surface area (Å²) in [5.41, 5.74) is 1.21. The molecule has 140 valence electrons. The van der Waals surface area contributed by atoms with Crippen molar-refractivity contribution in [1.82, 2.24) is 10.6 Å². The van der Waals surface area contributed by atoms with E-state index in [-0.39, 0.29) is 11.2 Å². The van der Waals surface area contributed by atoms with Crippen LogP contribution in [0.1, 0.15) is 25.0 Å². The molecule has 0 spiro atoms. The molecule has 3 N–H and O–H groups in total. The van der Waals surface area contributed by atoms with Crippen molar-refractivity contribution in [1.29, 1.82) is 0 Å². The van der Waals surface area contributed by atoms with Gasteiger partial charge < -0.3 is 10.6 Å². The van der Waals surface area contributed by atoms with Crippen molar-refractivity contribution in [2.45, 2.75) is 30.4 Å². The lowest BCUT2D eigenvalue weighted by molar-refractivity contribution is -0.123. The van der Waals surface area contributed by atoms with E-state index in [0.29, 0.717) is 11.3 Å². The van der Waals surface area contributed by atoms with E-state index >= 15 is 0 Å². The van der Waals surface area contributed by atoms with E-state index in [0.717, 1.165) is 5.75 Å². The Kier molecular flexibility index (Phi) is 5.51. The number of benzene rings is 2. The van der Waals surface area contributed by atoms with Gasteiger partial charge in [0.05, 0.1) is 5.25 Å². The van der Waals surface area contributed by atoms with Crippen LogP contribution in [-0.4, -0.2) is 23.1 Å². The summed E-state index contributed by atoms with van der Waals surface area (Å²) in [6.07, 6.45) is 0. The number of hydrogen-bond acceptors (Lipinski definition) is 4. The van der Waals surface area contributed by atoms with Crippen LogP contribution in [0.15, 0.2) is 54.6 Å². The van der Waals surface area contributed by atoms with Gasteiger partial charge >= 0.3 is 6.03 Å². The summed E-state index contributed by atoms with van der Waals surface area (Å²) in [6, 6.07) is 16.4. The molecule has 1 aliphatic rings. The van der Waals surface area contributed by atoms with Gasteiger partial charge in [-0.3, -0.25) is 14.9 Å². The third-order valence-electron chi connectivity index (χ3n) is 4.46. The van der Waals surface area contributed by atoms with Crippen molar-refractivity contribution in [2.75, 3.05) is 5.32 Å². The molecule has 0 bridgehead atoms. The number of carbonyl (C=O) groups is 3. The number of rotatable bonds is 6. The average Bonchev–Trinajstić information content (AvgIpc) is 2.93. The van der Waals surface area contributed by atoms with Crippen LogP contribution in [0.4, 0.5) is 10.5 Å². The van der Waals surface area contributed by atoms with Gasteiger partial charge in [-0.25, -0.2) is 4.79 Å². The van der Waals surface area contributed by atoms with E-state index in [1.54, 1.807) is 43.0 Å². The minimum Gasteiger partial charge on any atom is -0.325 e. The molecule has 0 saturated carbocycles. The molecule has 0 aliphatic carbocycles. The Morgan fingerprint density at radius 3 is 2.56 bits per heavy atom. The molecule has 2 aromatic rings. The number of amides is 4. The van der Waals surface area contributed by atoms with E-state index in [2.05, 4.69) is 16.0 Å². The molecule has 1 saturated heterocycles. The highest BCUT2D eigenvalue weighted by Crippen LogP contribution is 2.27. The predicted molar refractivity (Wildman–Crippen MR) is 106 cm³/mol. The second kappa shape index (κ2) is 7.84. The van der Waals surface area contributed by atoms with Gasteiger partial charge in [0.25, 0.3) is 5.91 Å². The molecular weight excluding hydrogens is 362 g/mol. The van der Waals surface area contributed by atoms with Gasteiger partial charge in [0.2, 0.25) is 5.91 Å². The number of urea groups is 1. The van der Waals surface area contributed by atoms with Gasteiger partial charge in [0.1, 0.15) is 5.54 Å². The Balaban J connectivity index is 1.64. The molecule has 7 heteroatoms. The van der Waals surface area contributed by atoms with Gasteiger partial charge in [0.15, 0.2) is 0 Å². The van der Waals surface area contributed by atoms with Gasteiger partial charge in [-0.1, -0.05) is 42.5 Å². The zero-order valence-corrected chi connectivity index (χ0v) is 15.9. The number of anilines is 1. The molecule has 1 aliphatic heterocycles. The minimum absolute atomic E-state index is 0.113. The molecule has 0 aromatic heterocycles. The van der Waals surface area contributed by atoms with Gasteiger partial charge in [0, 0.05) is 11.4 Å². The molecule has 3 rings (SSSR count). The third-order valence-corrected chi connectivity index (χ3v) is 5.68. The summed E-state index contributed by atoms with van der Waals surface area (Å²) in [5.74, 6) is 0.223. The maximum Gasteiger partial charge on any atom is 0.322 e. The Morgan fingerprint density at radius 1 is 1.15 bits per heavy atom. The Bertz CT molecular complexity index is 872. The number of nitrogens with one attached hydrogen (secondary N) is 3. The Labute approximate surface area is 162 Å². The monoisotopic (exact) mass is 383 g/mol. The van der Waals surface area contributed by atoms with Crippen molar-refractivity contribution in [3.8, 4) is 0 Å². The summed E-state index contributed by atoms with van der Waals surface area (Å²) >= 11 is 1.55. The molecular formula is C20H21N3O3S. The topological polar surface area (TPSA) is 87.3 Å². The minimum atomic E-state index is -1.15. The summed E-state index contributed by atoms with van der Waals surface area (Å²) in [6.45, 7) is 3.49. The lowest BCUT2D eigenvalue weighted by atomic mass is 9.92. The lowest BCUT2D eigenvalue weighted by Gasteiger charge is -2.22. The normalized spacial score (nSPS) is 19.9. The maximum atomic E-state index is 12.5. The molecule has 1 heterocycles. The third kappa shape index (κ3) is 4.31. The van der Waals surface area contributed by atoms with Gasteiger partial charge in [-0.2, -0.15) is 0 Å². The molecule has 6 nitrogen and oxygen atoms in total. The first-order valence-corrected chi connectivity index (χ1v) is 9.64. The van der Waals surface area contributed by atoms with Crippen LogP contribution < -0.4 is 16.0 Å². The molecule has 4 amide bonds. The SMILES string of the molecule is C[C@@H](SCc1ccccc1)C(=O)Nc1cccc([C@]2(C)NC(=O)NC2=O)c1. The van der Waals surface area contributed by atoms with Crippen LogP contribution in [0, 0.1) is 0 Å². The fourth-order valence-electron chi connectivity index (χ4n) is 2.77. The highest BCUT2D eigenvalue weighted by Gasteiger charge is 2.43. The number of carbonyl (C=O) groups excluding carboxylic acids is 3. The first kappa shape index (κ1) is 19.0. The quantitative estimate of drug-likeness (QED) is 0.669. The van der Waals surface area contributed by atoms with Crippen molar-refractivity contribution >= 4 is 35.3 Å². The summed E-state index contributed by atoms with van der Waals surface area (Å²) in [5, 5.41) is 7.50. The summed E-state index contributed by atoms with van der Waals surface area (Å²) in [4.78, 5) is 36.0. The maximum absolute atomic E-state index is 12.5. The smallest absolute Gasteiger partial charge is 0.322 e. The van der Waals surface area contributed by atoms with Gasteiger partial charge in [-0.05, 0) is 37.1 Å². The highest BCUT2D eigenvalue weighted by molar-refractivity contribution is 7.99. The molecule has 0 unspecified atom stereocenters. The number of hydrogen-bond donors (Lipinski definition) is 3. The van der Waals surface area contributed by atoms with E-state index in [4.69, 9.17) is 0 Å². The van der Waals surface area contributed by atoms with Crippen LogP contribution >= 0.6 is 11.8 Å². The second-order valence-electron chi connectivity index (χ2n) is 6.54. The molecule has 1 fully saturated rings. The summed E-state index contributed by atoms with van der Waals surface area (Å²) in [7, 11) is 0. The fourth-order valence-corrected chi connectivity index (χ4v) is 3.61. The van der Waals surface area contributed by atoms with Crippen LogP contribution in [0.5, 0.6) is 0 Å². The fraction of sp³-hybridized carbons (Fsp3) is 0.250. The standard InChI is InChI=1S/C20H21N3O3S/c1-13(27-12-14-7-4-3-5-8-14)17(24)21-16-10-6-9-15(11-16)20(2)18(25)22-19(26)23-20/h3-11,13H,12H2,1-2H3,(H,21,24)(H2,22,23,25,26)/t13-,20+/m1/s1. The zero-order valence-electron chi connectivity index (χ0n) is 15.1. The van der Waals surface area contributed by atoms with Crippen LogP contribution in [-0.2, 0) is 20.9 Å². The number of imide groups is 1. The van der Waals surface area contributed by atoms with E-state index in [1.807, 2.05) is 37.3 Å². The van der Waals surface area contributed by atoms with E-state index in [1.165, 1.54) is 5.56 Å². The first-order valence-electron chi connectivity index (χ1n) is 8.59. The highest BCUT2D eigenvalue weighted by atomic mass is 32.2. The van der Waals surface area contributed by atoms with Crippen molar-refractivity contribution < 1.29 is 14.4 Å². The van der Waals surface area contributed by atoms with Crippen molar-refractivity contribution in [3.63, 3.8) is 0 Å². The van der Waals surface area contributed by atoms with Gasteiger partial charge in [-0.15, -0.1) is 11.8 Å². The molecule has 27 heavy (non-hydrogen) atoms. The molecule has 0 radical (unpaired) electrons. The lowest BCUT2D eigenvalue weighted by Crippen LogP contribution is -2.40. The number of thioether (sulfide) groups is 1. The van der Waals surface area contributed by atoms with E-state index in [9.17, 15) is 14.4 Å². The van der Waals surface area contributed by atoms with E-state index < -0.39 is 17.5 Å². The second-order valence-corrected chi connectivity index (χ2v) is 7.87. The van der Waals surface area contributed by atoms with Crippen molar-refractivity contribution in [3.05, 3.63) is 65.7 Å². The van der Waals surface area contributed by atoms with Crippen LogP contribution in [0.2, 0.25) is 0 Å². The first-order chi connectivity index (χ1) is 12.9. The zero-order chi connectivity index (χ0) is 19.4. The van der Waals surface area contributed by atoms with Crippen LogP contribution in [0.3, 0.4) is 0 Å². The summed E-state index contributed by atoms with van der Waals surface area (Å²) < 4.78 is 0. The largest absolute Gasteiger partial charge is 0.325 e. The molecule has 2 aromatic carbocycles. The average molecular weight is 383 g/mol. The predicted octanol–water partition coefficient (Wildman–Crippen LogP) is 3.00.